The van der Waals surface area contributed by atoms with Gasteiger partial charge in [-0.25, -0.2) is 8.42 Å². The van der Waals surface area contributed by atoms with E-state index in [9.17, 15) is 13.2 Å². The lowest BCUT2D eigenvalue weighted by Gasteiger charge is -2.30. The smallest absolute Gasteiger partial charge is 0.243 e. The average Bonchev–Trinajstić information content (AvgIpc) is 2.87. The molecule has 0 bridgehead atoms. The number of rotatable bonds is 7. The zero-order valence-electron chi connectivity index (χ0n) is 19.5. The summed E-state index contributed by atoms with van der Waals surface area (Å²) in [4.78, 5) is 13.0. The number of hydrogen-bond acceptors (Lipinski definition) is 4. The van der Waals surface area contributed by atoms with Gasteiger partial charge in [-0.15, -0.1) is 0 Å². The summed E-state index contributed by atoms with van der Waals surface area (Å²) in [6.45, 7) is 3.18. The Morgan fingerprint density at radius 2 is 1.62 bits per heavy atom. The minimum atomic E-state index is -3.58. The molecule has 1 N–H and O–H groups in total. The van der Waals surface area contributed by atoms with Gasteiger partial charge in [0, 0.05) is 25.6 Å². The molecule has 1 fully saturated rings. The first-order chi connectivity index (χ1) is 16.4. The van der Waals surface area contributed by atoms with E-state index in [1.54, 1.807) is 31.4 Å². The van der Waals surface area contributed by atoms with Crippen molar-refractivity contribution in [3.8, 4) is 16.9 Å². The van der Waals surface area contributed by atoms with Crippen LogP contribution in [0.15, 0.2) is 77.7 Å². The normalized spacial score (nSPS) is 15.1. The first-order valence-corrected chi connectivity index (χ1v) is 12.9. The van der Waals surface area contributed by atoms with Crippen molar-refractivity contribution in [3.05, 3.63) is 83.9 Å². The average molecular weight is 479 g/mol. The van der Waals surface area contributed by atoms with Crippen molar-refractivity contribution in [2.75, 3.05) is 20.2 Å². The number of ether oxygens (including phenoxy) is 1. The van der Waals surface area contributed by atoms with E-state index in [4.69, 9.17) is 4.74 Å². The monoisotopic (exact) mass is 478 g/mol. The van der Waals surface area contributed by atoms with Gasteiger partial charge in [0.05, 0.1) is 12.0 Å². The summed E-state index contributed by atoms with van der Waals surface area (Å²) in [7, 11) is -2.04. The molecule has 1 heterocycles. The van der Waals surface area contributed by atoms with E-state index in [1.807, 2.05) is 18.2 Å². The lowest BCUT2D eigenvalue weighted by atomic mass is 9.97. The van der Waals surface area contributed by atoms with Crippen molar-refractivity contribution >= 4 is 15.9 Å². The number of nitrogens with zero attached hydrogens (tertiary/aromatic N) is 1. The van der Waals surface area contributed by atoms with Gasteiger partial charge in [0.1, 0.15) is 5.75 Å². The molecular weight excluding hydrogens is 448 g/mol. The van der Waals surface area contributed by atoms with Gasteiger partial charge in [0.15, 0.2) is 0 Å². The fraction of sp³-hybridized carbons (Fsp3) is 0.296. The highest BCUT2D eigenvalue weighted by atomic mass is 32.2. The molecule has 4 rings (SSSR count). The fourth-order valence-electron chi connectivity index (χ4n) is 4.27. The summed E-state index contributed by atoms with van der Waals surface area (Å²) in [5, 5.41) is 3.04. The van der Waals surface area contributed by atoms with Gasteiger partial charge in [-0.3, -0.25) is 4.79 Å². The molecule has 6 nitrogen and oxygen atoms in total. The predicted octanol–water partition coefficient (Wildman–Crippen LogP) is 4.39. The number of aryl methyl sites for hydroxylation is 1. The second-order valence-electron chi connectivity index (χ2n) is 8.64. The maximum Gasteiger partial charge on any atom is 0.243 e. The third-order valence-electron chi connectivity index (χ3n) is 6.27. The van der Waals surface area contributed by atoms with E-state index in [1.165, 1.54) is 9.87 Å². The highest BCUT2D eigenvalue weighted by Crippen LogP contribution is 2.26. The van der Waals surface area contributed by atoms with Gasteiger partial charge in [-0.05, 0) is 66.8 Å². The third kappa shape index (κ3) is 5.48. The molecule has 1 saturated heterocycles. The molecule has 0 spiro atoms. The molecule has 0 aliphatic carbocycles. The van der Waals surface area contributed by atoms with Crippen molar-refractivity contribution in [3.63, 3.8) is 0 Å². The van der Waals surface area contributed by atoms with E-state index < -0.39 is 10.0 Å². The third-order valence-corrected chi connectivity index (χ3v) is 8.18. The first-order valence-electron chi connectivity index (χ1n) is 11.4. The number of carbonyl (C=O) groups is 1. The van der Waals surface area contributed by atoms with Crippen LogP contribution in [-0.4, -0.2) is 38.8 Å². The number of piperidine rings is 1. The molecule has 0 aromatic heterocycles. The van der Waals surface area contributed by atoms with Crippen molar-refractivity contribution in [1.82, 2.24) is 9.62 Å². The highest BCUT2D eigenvalue weighted by molar-refractivity contribution is 7.89. The minimum absolute atomic E-state index is 0.0255. The quantitative estimate of drug-likeness (QED) is 0.547. The molecule has 1 aliphatic rings. The zero-order chi connectivity index (χ0) is 24.1. The van der Waals surface area contributed by atoms with Gasteiger partial charge >= 0.3 is 0 Å². The molecule has 0 atom stereocenters. The molecule has 0 unspecified atom stereocenters. The summed E-state index contributed by atoms with van der Waals surface area (Å²) in [6.07, 6.45) is 1.01. The maximum atomic E-state index is 12.9. The summed E-state index contributed by atoms with van der Waals surface area (Å²) in [6, 6.07) is 22.9. The Bertz CT molecular complexity index is 1250. The predicted molar refractivity (Wildman–Crippen MR) is 133 cm³/mol. The van der Waals surface area contributed by atoms with Gasteiger partial charge in [0.25, 0.3) is 0 Å². The van der Waals surface area contributed by atoms with Gasteiger partial charge in [-0.1, -0.05) is 48.0 Å². The molecule has 178 valence electrons. The van der Waals surface area contributed by atoms with E-state index in [0.29, 0.717) is 38.2 Å². The Hall–Kier alpha value is -3.16. The highest BCUT2D eigenvalue weighted by Gasteiger charge is 2.32. The Balaban J connectivity index is 1.32. The van der Waals surface area contributed by atoms with Crippen molar-refractivity contribution in [1.29, 1.82) is 0 Å². The number of amides is 1. The molecular formula is C27H30N2O4S. The summed E-state index contributed by atoms with van der Waals surface area (Å²) in [5.74, 6) is 0.392. The van der Waals surface area contributed by atoms with Gasteiger partial charge in [0.2, 0.25) is 15.9 Å². The van der Waals surface area contributed by atoms with E-state index in [-0.39, 0.29) is 16.7 Å². The number of benzene rings is 3. The van der Waals surface area contributed by atoms with Crippen LogP contribution in [0.3, 0.4) is 0 Å². The van der Waals surface area contributed by atoms with Gasteiger partial charge in [-0.2, -0.15) is 4.31 Å². The molecule has 3 aromatic rings. The largest absolute Gasteiger partial charge is 0.497 e. The molecule has 0 radical (unpaired) electrons. The molecule has 7 heteroatoms. The lowest BCUT2D eigenvalue weighted by Crippen LogP contribution is -2.42. The van der Waals surface area contributed by atoms with E-state index >= 15 is 0 Å². The number of sulfonamides is 1. The standard InChI is InChI=1S/C27H30N2O4S/c1-20-5-3-7-23(17-20)24-8-4-6-21(18-24)19-28-27(30)22-13-15-29(16-14-22)34(31,32)26-11-9-25(33-2)10-12-26/h3-12,17-18,22H,13-16,19H2,1-2H3,(H,28,30). The first kappa shape index (κ1) is 24.0. The van der Waals surface area contributed by atoms with Crippen LogP contribution in [-0.2, 0) is 21.4 Å². The number of nitrogens with one attached hydrogen (secondary N) is 1. The summed E-state index contributed by atoms with van der Waals surface area (Å²) in [5.41, 5.74) is 4.51. The minimum Gasteiger partial charge on any atom is -0.497 e. The number of hydrogen-bond donors (Lipinski definition) is 1. The molecule has 1 aliphatic heterocycles. The second kappa shape index (κ2) is 10.4. The lowest BCUT2D eigenvalue weighted by molar-refractivity contribution is -0.126. The van der Waals surface area contributed by atoms with Crippen LogP contribution < -0.4 is 10.1 Å². The van der Waals surface area contributed by atoms with E-state index in [0.717, 1.165) is 16.7 Å². The maximum absolute atomic E-state index is 12.9. The Morgan fingerprint density at radius 1 is 0.971 bits per heavy atom. The summed E-state index contributed by atoms with van der Waals surface area (Å²) < 4.78 is 32.4. The Labute approximate surface area is 201 Å². The van der Waals surface area contributed by atoms with E-state index in [2.05, 4.69) is 42.6 Å². The van der Waals surface area contributed by atoms with Crippen LogP contribution in [0.2, 0.25) is 0 Å². The molecule has 1 amide bonds. The second-order valence-corrected chi connectivity index (χ2v) is 10.6. The SMILES string of the molecule is COc1ccc(S(=O)(=O)N2CCC(C(=O)NCc3cccc(-c4cccc(C)c4)c3)CC2)cc1. The number of carbonyl (C=O) groups excluding carboxylic acids is 1. The fourth-order valence-corrected chi connectivity index (χ4v) is 5.74. The van der Waals surface area contributed by atoms with Crippen LogP contribution in [0.5, 0.6) is 5.75 Å². The Morgan fingerprint density at radius 3 is 2.26 bits per heavy atom. The van der Waals surface area contributed by atoms with Crippen molar-refractivity contribution in [2.45, 2.75) is 31.2 Å². The molecule has 34 heavy (non-hydrogen) atoms. The van der Waals surface area contributed by atoms with Crippen LogP contribution in [0, 0.1) is 12.8 Å². The zero-order valence-corrected chi connectivity index (χ0v) is 20.3. The molecule has 3 aromatic carbocycles. The van der Waals surface area contributed by atoms with Crippen LogP contribution in [0.4, 0.5) is 0 Å². The van der Waals surface area contributed by atoms with Gasteiger partial charge < -0.3 is 10.1 Å². The van der Waals surface area contributed by atoms with Crippen LogP contribution >= 0.6 is 0 Å². The topological polar surface area (TPSA) is 75.7 Å². The number of methoxy groups -OCH3 is 1. The Kier molecular flexibility index (Phi) is 7.34. The van der Waals surface area contributed by atoms with Crippen LogP contribution in [0.25, 0.3) is 11.1 Å². The molecule has 0 saturated carbocycles. The van der Waals surface area contributed by atoms with Crippen LogP contribution in [0.1, 0.15) is 24.0 Å². The summed E-state index contributed by atoms with van der Waals surface area (Å²) >= 11 is 0. The van der Waals surface area contributed by atoms with Crippen molar-refractivity contribution < 1.29 is 17.9 Å². The van der Waals surface area contributed by atoms with Crippen molar-refractivity contribution in [2.24, 2.45) is 5.92 Å².